The fourth-order valence-corrected chi connectivity index (χ4v) is 3.05. The first-order valence-electron chi connectivity index (χ1n) is 9.07. The number of aromatic nitrogens is 3. The second-order valence-corrected chi connectivity index (χ2v) is 6.54. The molecule has 3 heterocycles. The summed E-state index contributed by atoms with van der Waals surface area (Å²) in [5.41, 5.74) is 8.68. The zero-order chi connectivity index (χ0) is 20.2. The van der Waals surface area contributed by atoms with Crippen molar-refractivity contribution >= 4 is 34.0 Å². The van der Waals surface area contributed by atoms with Crippen LogP contribution in [0.4, 0.5) is 23.1 Å². The van der Waals surface area contributed by atoms with Crippen molar-refractivity contribution in [2.45, 2.75) is 6.54 Å². The van der Waals surface area contributed by atoms with Gasteiger partial charge in [-0.1, -0.05) is 12.1 Å². The van der Waals surface area contributed by atoms with Crippen LogP contribution in [0.3, 0.4) is 0 Å². The number of nitrogen functional groups attached to an aromatic ring is 1. The molecule has 3 aromatic heterocycles. The van der Waals surface area contributed by atoms with E-state index in [9.17, 15) is 0 Å². The molecule has 0 bridgehead atoms. The lowest BCUT2D eigenvalue weighted by atomic mass is 10.1. The number of H-pyrrole nitrogens is 1. The molecule has 29 heavy (non-hydrogen) atoms. The van der Waals surface area contributed by atoms with E-state index in [-0.39, 0.29) is 0 Å². The zero-order valence-corrected chi connectivity index (χ0v) is 16.0. The number of ether oxygens (including phenoxy) is 1. The molecular weight excluding hydrogens is 366 g/mol. The number of rotatable bonds is 6. The number of nitrogens with two attached hydrogens (primary N) is 2. The molecule has 6 N–H and O–H groups in total. The van der Waals surface area contributed by atoms with E-state index in [4.69, 9.17) is 16.3 Å². The monoisotopic (exact) mass is 388 g/mol. The number of aromatic amines is 1. The van der Waals surface area contributed by atoms with Crippen molar-refractivity contribution in [1.29, 1.82) is 0 Å². The number of hydrogen-bond donors (Lipinski definition) is 3. The normalized spacial score (nSPS) is 10.7. The van der Waals surface area contributed by atoms with E-state index < -0.39 is 0 Å². The quantitative estimate of drug-likeness (QED) is 0.343. The Morgan fingerprint density at radius 1 is 1.07 bits per heavy atom. The molecule has 0 aliphatic heterocycles. The summed E-state index contributed by atoms with van der Waals surface area (Å²) in [7, 11) is 1.61. The largest absolute Gasteiger partial charge is 0.497 e. The minimum atomic E-state index is 0.479. The highest BCUT2D eigenvalue weighted by Crippen LogP contribution is 2.22. The van der Waals surface area contributed by atoms with Gasteiger partial charge in [-0.25, -0.2) is 15.0 Å². The molecule has 0 atom stereocenters. The van der Waals surface area contributed by atoms with E-state index in [0.717, 1.165) is 16.5 Å². The highest BCUT2D eigenvalue weighted by atomic mass is 16.5. The average Bonchev–Trinajstić information content (AvgIpc) is 2.75. The van der Waals surface area contributed by atoms with Gasteiger partial charge in [-0.15, -0.1) is 0 Å². The molecule has 146 valence electrons. The van der Waals surface area contributed by atoms with Crippen LogP contribution in [-0.2, 0) is 6.54 Å². The van der Waals surface area contributed by atoms with Crippen molar-refractivity contribution in [3.8, 4) is 5.75 Å². The summed E-state index contributed by atoms with van der Waals surface area (Å²) in [5, 5.41) is 5.84. The first kappa shape index (κ1) is 18.5. The summed E-state index contributed by atoms with van der Waals surface area (Å²) in [6, 6.07) is 17.2. The molecule has 4 rings (SSSR count). The Morgan fingerprint density at radius 3 is 2.83 bits per heavy atom. The van der Waals surface area contributed by atoms with Crippen LogP contribution in [0.5, 0.6) is 5.75 Å². The third kappa shape index (κ3) is 4.17. The Kier molecular flexibility index (Phi) is 5.08. The summed E-state index contributed by atoms with van der Waals surface area (Å²) in [6.07, 6.45) is 3.45. The Hall–Kier alpha value is -3.91. The maximum atomic E-state index is 6.32. The lowest BCUT2D eigenvalue weighted by Crippen LogP contribution is -2.36. The number of fused-ring (bicyclic) bond motifs is 1. The summed E-state index contributed by atoms with van der Waals surface area (Å²) in [5.74, 6) is 8.98. The van der Waals surface area contributed by atoms with Crippen molar-refractivity contribution in [2.75, 3.05) is 23.2 Å². The van der Waals surface area contributed by atoms with E-state index in [1.807, 2.05) is 30.3 Å². The molecule has 0 aliphatic rings. The van der Waals surface area contributed by atoms with Gasteiger partial charge in [0, 0.05) is 29.9 Å². The summed E-state index contributed by atoms with van der Waals surface area (Å²) >= 11 is 0. The number of pyridine rings is 3. The van der Waals surface area contributed by atoms with Gasteiger partial charge in [0.15, 0.2) is 5.82 Å². The lowest BCUT2D eigenvalue weighted by Gasteiger charge is -2.15. The van der Waals surface area contributed by atoms with Crippen LogP contribution in [0.25, 0.3) is 10.9 Å². The van der Waals surface area contributed by atoms with Crippen LogP contribution in [0.15, 0.2) is 67.0 Å². The molecule has 0 saturated heterocycles. The molecule has 0 aliphatic carbocycles. The van der Waals surface area contributed by atoms with Crippen molar-refractivity contribution < 1.29 is 9.72 Å². The second-order valence-electron chi connectivity index (χ2n) is 6.54. The standard InChI is InChI=1S/C21H21N7O/c1-29-16-8-10-25-20(12-16)26-19-7-5-17(22)21(27-19)28(23)13-14-4-6-18-15(11-14)3-2-9-24-18/h2-12H,13,22-23H2,1H3,(H,25,26,27)/p+1. The smallest absolute Gasteiger partial charge is 0.262 e. The Balaban J connectivity index is 1.55. The van der Waals surface area contributed by atoms with Gasteiger partial charge in [-0.05, 0) is 35.9 Å². The fourth-order valence-electron chi connectivity index (χ4n) is 3.05. The van der Waals surface area contributed by atoms with Crippen LogP contribution in [0.2, 0.25) is 0 Å². The number of nitrogens with zero attached hydrogens (tertiary/aromatic N) is 3. The van der Waals surface area contributed by atoms with Crippen LogP contribution < -0.4 is 31.6 Å². The summed E-state index contributed by atoms with van der Waals surface area (Å²) in [4.78, 5) is 11.9. The SMILES string of the molecule is COc1ccnc(Nc2ccc(N)c(N(N)Cc3ccc4ncccc4c3)[nH+]2)c1. The first-order valence-corrected chi connectivity index (χ1v) is 9.07. The maximum absolute atomic E-state index is 6.32. The zero-order valence-electron chi connectivity index (χ0n) is 16.0. The van der Waals surface area contributed by atoms with Crippen molar-refractivity contribution in [1.82, 2.24) is 9.97 Å². The number of anilines is 4. The number of hydrazine groups is 1. The van der Waals surface area contributed by atoms with E-state index in [1.165, 1.54) is 0 Å². The average molecular weight is 388 g/mol. The highest BCUT2D eigenvalue weighted by Gasteiger charge is 2.16. The summed E-state index contributed by atoms with van der Waals surface area (Å²) < 4.78 is 5.23. The van der Waals surface area contributed by atoms with Crippen LogP contribution in [0.1, 0.15) is 5.56 Å². The molecule has 0 saturated carbocycles. The minimum Gasteiger partial charge on any atom is -0.497 e. The van der Waals surface area contributed by atoms with E-state index >= 15 is 0 Å². The van der Waals surface area contributed by atoms with Crippen LogP contribution in [-0.4, -0.2) is 17.1 Å². The van der Waals surface area contributed by atoms with E-state index in [1.54, 1.807) is 42.7 Å². The van der Waals surface area contributed by atoms with E-state index in [0.29, 0.717) is 35.4 Å². The molecule has 0 fully saturated rings. The number of hydrogen-bond acceptors (Lipinski definition) is 7. The molecule has 0 amide bonds. The molecule has 1 aromatic carbocycles. The van der Waals surface area contributed by atoms with Crippen LogP contribution in [0, 0.1) is 0 Å². The Morgan fingerprint density at radius 2 is 1.97 bits per heavy atom. The summed E-state index contributed by atoms with van der Waals surface area (Å²) in [6.45, 7) is 0.479. The predicted molar refractivity (Wildman–Crippen MR) is 114 cm³/mol. The van der Waals surface area contributed by atoms with Crippen LogP contribution >= 0.6 is 0 Å². The molecule has 0 radical (unpaired) electrons. The highest BCUT2D eigenvalue weighted by molar-refractivity contribution is 5.79. The molecule has 8 nitrogen and oxygen atoms in total. The van der Waals surface area contributed by atoms with Gasteiger partial charge in [-0.3, -0.25) is 10.3 Å². The second kappa shape index (κ2) is 7.99. The van der Waals surface area contributed by atoms with Gasteiger partial charge in [0.2, 0.25) is 5.82 Å². The Bertz CT molecular complexity index is 1150. The maximum Gasteiger partial charge on any atom is 0.262 e. The third-order valence-corrected chi connectivity index (χ3v) is 4.49. The Labute approximate surface area is 168 Å². The fraction of sp³-hybridized carbons (Fsp3) is 0.0952. The van der Waals surface area contributed by atoms with Crippen molar-refractivity contribution in [2.24, 2.45) is 5.84 Å². The van der Waals surface area contributed by atoms with Gasteiger partial charge in [0.05, 0.1) is 12.6 Å². The molecule has 8 heteroatoms. The van der Waals surface area contributed by atoms with E-state index in [2.05, 4.69) is 26.3 Å². The topological polar surface area (TPSA) is 116 Å². The van der Waals surface area contributed by atoms with Gasteiger partial charge in [0.1, 0.15) is 18.0 Å². The van der Waals surface area contributed by atoms with Gasteiger partial charge >= 0.3 is 0 Å². The van der Waals surface area contributed by atoms with Gasteiger partial charge in [-0.2, -0.15) is 5.84 Å². The predicted octanol–water partition coefficient (Wildman–Crippen LogP) is 2.66. The lowest BCUT2D eigenvalue weighted by molar-refractivity contribution is -0.346. The van der Waals surface area contributed by atoms with Gasteiger partial charge in [0.25, 0.3) is 5.82 Å². The molecule has 0 spiro atoms. The first-order chi connectivity index (χ1) is 14.1. The molecular formula is C21H22N7O+. The van der Waals surface area contributed by atoms with Crippen molar-refractivity contribution in [3.05, 3.63) is 72.6 Å². The number of methoxy groups -OCH3 is 1. The van der Waals surface area contributed by atoms with Crippen molar-refractivity contribution in [3.63, 3.8) is 0 Å². The number of benzene rings is 1. The number of nitrogens with one attached hydrogen (secondary N) is 2. The third-order valence-electron chi connectivity index (χ3n) is 4.49. The minimum absolute atomic E-state index is 0.479. The molecule has 0 unspecified atom stereocenters. The molecule has 4 aromatic rings. The van der Waals surface area contributed by atoms with Gasteiger partial charge < -0.3 is 10.5 Å².